The molecule has 0 heterocycles. The van der Waals surface area contributed by atoms with E-state index in [4.69, 9.17) is 4.74 Å². The second-order valence-corrected chi connectivity index (χ2v) is 6.27. The predicted molar refractivity (Wildman–Crippen MR) is 76.8 cm³/mol. The summed E-state index contributed by atoms with van der Waals surface area (Å²) in [5.74, 6) is 0. The second kappa shape index (κ2) is 5.32. The summed E-state index contributed by atoms with van der Waals surface area (Å²) in [6, 6.07) is 4.15. The van der Waals surface area contributed by atoms with Gasteiger partial charge in [-0.15, -0.1) is 0 Å². The Morgan fingerprint density at radius 1 is 1.33 bits per heavy atom. The van der Waals surface area contributed by atoms with Crippen LogP contribution in [-0.2, 0) is 4.74 Å². The van der Waals surface area contributed by atoms with E-state index in [0.717, 1.165) is 34.0 Å². The van der Waals surface area contributed by atoms with Gasteiger partial charge in [-0.2, -0.15) is 0 Å². The smallest absolute Gasteiger partial charge is 0.0820 e. The Hall–Kier alpha value is -0.380. The third-order valence-electron chi connectivity index (χ3n) is 4.17. The van der Waals surface area contributed by atoms with E-state index in [-0.39, 0.29) is 5.60 Å². The molecule has 0 aliphatic heterocycles. The quantitative estimate of drug-likeness (QED) is 0.908. The van der Waals surface area contributed by atoms with Gasteiger partial charge in [-0.05, 0) is 55.9 Å². The minimum atomic E-state index is -0.433. The zero-order valence-electron chi connectivity index (χ0n) is 11.3. The first-order valence-electron chi connectivity index (χ1n) is 6.47. The van der Waals surface area contributed by atoms with Crippen LogP contribution in [-0.4, -0.2) is 17.8 Å². The van der Waals surface area contributed by atoms with E-state index in [1.807, 2.05) is 6.92 Å². The van der Waals surface area contributed by atoms with Gasteiger partial charge in [0.05, 0.1) is 11.7 Å². The molecule has 2 rings (SSSR count). The zero-order valence-corrected chi connectivity index (χ0v) is 12.9. The maximum atomic E-state index is 10.5. The molecule has 2 nitrogen and oxygen atoms in total. The lowest BCUT2D eigenvalue weighted by Gasteiger charge is -2.42. The summed E-state index contributed by atoms with van der Waals surface area (Å²) in [6.45, 7) is 4.10. The van der Waals surface area contributed by atoms with Gasteiger partial charge in [-0.3, -0.25) is 0 Å². The fraction of sp³-hybridized carbons (Fsp3) is 0.600. The number of aryl methyl sites for hydroxylation is 2. The van der Waals surface area contributed by atoms with Crippen LogP contribution in [0.1, 0.15) is 48.5 Å². The Bertz CT molecular complexity index is 433. The predicted octanol–water partition coefficient (Wildman–Crippen LogP) is 4.06. The first-order chi connectivity index (χ1) is 8.47. The molecule has 100 valence electrons. The van der Waals surface area contributed by atoms with Crippen LogP contribution in [0.5, 0.6) is 0 Å². The van der Waals surface area contributed by atoms with Gasteiger partial charge in [0, 0.05) is 18.0 Å². The van der Waals surface area contributed by atoms with Crippen molar-refractivity contribution < 1.29 is 9.84 Å². The summed E-state index contributed by atoms with van der Waals surface area (Å²) >= 11 is 3.52. The van der Waals surface area contributed by atoms with Crippen LogP contribution in [0.4, 0.5) is 0 Å². The number of benzene rings is 1. The standard InChI is InChI=1S/C15H21BrO2/c1-10-8-13(16)11(2)7-12(10)14(17)9-15(18-3)5-4-6-15/h7-8,14,17H,4-6,9H2,1-3H3. The third kappa shape index (κ3) is 2.63. The van der Waals surface area contributed by atoms with E-state index in [1.165, 1.54) is 6.42 Å². The van der Waals surface area contributed by atoms with Crippen molar-refractivity contribution in [2.75, 3.05) is 7.11 Å². The molecule has 1 unspecified atom stereocenters. The van der Waals surface area contributed by atoms with E-state index in [2.05, 4.69) is 35.0 Å². The van der Waals surface area contributed by atoms with Crippen molar-refractivity contribution in [3.63, 3.8) is 0 Å². The minimum absolute atomic E-state index is 0.0904. The number of hydrogen-bond acceptors (Lipinski definition) is 2. The number of aliphatic hydroxyl groups excluding tert-OH is 1. The molecular weight excluding hydrogens is 292 g/mol. The molecule has 3 heteroatoms. The first-order valence-corrected chi connectivity index (χ1v) is 7.26. The fourth-order valence-corrected chi connectivity index (χ4v) is 3.15. The Morgan fingerprint density at radius 3 is 2.50 bits per heavy atom. The topological polar surface area (TPSA) is 29.5 Å². The van der Waals surface area contributed by atoms with Crippen molar-refractivity contribution >= 4 is 15.9 Å². The van der Waals surface area contributed by atoms with Gasteiger partial charge >= 0.3 is 0 Å². The molecule has 0 saturated heterocycles. The Balaban J connectivity index is 2.18. The monoisotopic (exact) mass is 312 g/mol. The molecular formula is C15H21BrO2. The molecule has 1 saturated carbocycles. The third-order valence-corrected chi connectivity index (χ3v) is 5.02. The van der Waals surface area contributed by atoms with Crippen LogP contribution in [0.2, 0.25) is 0 Å². The van der Waals surface area contributed by atoms with Gasteiger partial charge in [0.1, 0.15) is 0 Å². The van der Waals surface area contributed by atoms with Crippen molar-refractivity contribution in [2.24, 2.45) is 0 Å². The number of aliphatic hydroxyl groups is 1. The number of halogens is 1. The van der Waals surface area contributed by atoms with E-state index < -0.39 is 6.10 Å². The van der Waals surface area contributed by atoms with Crippen molar-refractivity contribution in [2.45, 2.75) is 51.2 Å². The van der Waals surface area contributed by atoms with Gasteiger partial charge in [0.2, 0.25) is 0 Å². The summed E-state index contributed by atoms with van der Waals surface area (Å²) in [7, 11) is 1.76. The molecule has 18 heavy (non-hydrogen) atoms. The summed E-state index contributed by atoms with van der Waals surface area (Å²) < 4.78 is 6.69. The van der Waals surface area contributed by atoms with Gasteiger partial charge in [-0.1, -0.05) is 22.0 Å². The lowest BCUT2D eigenvalue weighted by molar-refractivity contribution is -0.0999. The molecule has 0 radical (unpaired) electrons. The molecule has 0 spiro atoms. The summed E-state index contributed by atoms with van der Waals surface area (Å²) in [6.07, 6.45) is 3.60. The zero-order chi connectivity index (χ0) is 13.3. The molecule has 0 amide bonds. The molecule has 0 aromatic heterocycles. The van der Waals surface area contributed by atoms with Crippen molar-refractivity contribution in [1.82, 2.24) is 0 Å². The number of methoxy groups -OCH3 is 1. The Labute approximate surface area is 117 Å². The molecule has 1 aromatic rings. The van der Waals surface area contributed by atoms with Crippen LogP contribution in [0.3, 0.4) is 0 Å². The number of rotatable bonds is 4. The van der Waals surface area contributed by atoms with Crippen LogP contribution in [0.15, 0.2) is 16.6 Å². The van der Waals surface area contributed by atoms with E-state index in [9.17, 15) is 5.11 Å². The maximum Gasteiger partial charge on any atom is 0.0820 e. The van der Waals surface area contributed by atoms with Gasteiger partial charge in [-0.25, -0.2) is 0 Å². The SMILES string of the molecule is COC1(CC(O)c2cc(C)c(Br)cc2C)CCC1. The van der Waals surface area contributed by atoms with Gasteiger partial charge in [0.15, 0.2) is 0 Å². The second-order valence-electron chi connectivity index (χ2n) is 5.42. The maximum absolute atomic E-state index is 10.5. The minimum Gasteiger partial charge on any atom is -0.388 e. The highest BCUT2D eigenvalue weighted by Crippen LogP contribution is 2.42. The first kappa shape index (κ1) is 14.0. The average molecular weight is 313 g/mol. The van der Waals surface area contributed by atoms with E-state index >= 15 is 0 Å². The highest BCUT2D eigenvalue weighted by atomic mass is 79.9. The number of ether oxygens (including phenoxy) is 1. The lowest BCUT2D eigenvalue weighted by atomic mass is 9.75. The van der Waals surface area contributed by atoms with Crippen LogP contribution in [0.25, 0.3) is 0 Å². The summed E-state index contributed by atoms with van der Waals surface area (Å²) in [4.78, 5) is 0. The molecule has 1 aliphatic rings. The van der Waals surface area contributed by atoms with Crippen molar-refractivity contribution in [1.29, 1.82) is 0 Å². The molecule has 1 N–H and O–H groups in total. The van der Waals surface area contributed by atoms with Crippen molar-refractivity contribution in [3.8, 4) is 0 Å². The lowest BCUT2D eigenvalue weighted by Crippen LogP contribution is -2.40. The fourth-order valence-electron chi connectivity index (χ4n) is 2.69. The van der Waals surface area contributed by atoms with E-state index in [0.29, 0.717) is 6.42 Å². The molecule has 1 fully saturated rings. The molecule has 1 atom stereocenters. The van der Waals surface area contributed by atoms with Crippen LogP contribution in [0, 0.1) is 13.8 Å². The van der Waals surface area contributed by atoms with Gasteiger partial charge in [0.25, 0.3) is 0 Å². The van der Waals surface area contributed by atoms with Crippen LogP contribution < -0.4 is 0 Å². The van der Waals surface area contributed by atoms with Crippen molar-refractivity contribution in [3.05, 3.63) is 33.3 Å². The Morgan fingerprint density at radius 2 is 2.00 bits per heavy atom. The summed E-state index contributed by atoms with van der Waals surface area (Å²) in [5.41, 5.74) is 3.23. The molecule has 0 bridgehead atoms. The molecule has 1 aromatic carbocycles. The Kier molecular flexibility index (Phi) is 4.15. The normalized spacial score (nSPS) is 19.4. The van der Waals surface area contributed by atoms with Crippen LogP contribution >= 0.6 is 15.9 Å². The highest BCUT2D eigenvalue weighted by molar-refractivity contribution is 9.10. The average Bonchev–Trinajstić information content (AvgIpc) is 2.28. The number of hydrogen-bond donors (Lipinski definition) is 1. The van der Waals surface area contributed by atoms with E-state index in [1.54, 1.807) is 7.11 Å². The molecule has 1 aliphatic carbocycles. The summed E-state index contributed by atoms with van der Waals surface area (Å²) in [5, 5.41) is 10.5. The van der Waals surface area contributed by atoms with Gasteiger partial charge < -0.3 is 9.84 Å². The highest BCUT2D eigenvalue weighted by Gasteiger charge is 2.39. The largest absolute Gasteiger partial charge is 0.388 e.